The number of hydrogen-bond donors (Lipinski definition) is 3. The highest BCUT2D eigenvalue weighted by atomic mass is 16.2. The molecule has 32 heavy (non-hydrogen) atoms. The minimum atomic E-state index is -0.986. The lowest BCUT2D eigenvalue weighted by Gasteiger charge is -2.22. The quantitative estimate of drug-likeness (QED) is 0.507. The fourth-order valence-electron chi connectivity index (χ4n) is 3.64. The number of hydrogen-bond acceptors (Lipinski definition) is 4. The molecule has 0 heterocycles. The number of nitrogens with two attached hydrogens (primary N) is 1. The van der Waals surface area contributed by atoms with Crippen LogP contribution in [0.4, 0.5) is 0 Å². The van der Waals surface area contributed by atoms with Crippen molar-refractivity contribution < 1.29 is 14.4 Å². The van der Waals surface area contributed by atoms with Crippen molar-refractivity contribution in [1.82, 2.24) is 10.6 Å². The molecule has 0 radical (unpaired) electrons. The van der Waals surface area contributed by atoms with Gasteiger partial charge in [-0.25, -0.2) is 0 Å². The fourth-order valence-corrected chi connectivity index (χ4v) is 3.64. The van der Waals surface area contributed by atoms with Crippen molar-refractivity contribution >= 4 is 28.5 Å². The summed E-state index contributed by atoms with van der Waals surface area (Å²) in [5.41, 5.74) is 7.56. The molecule has 0 saturated carbocycles. The third kappa shape index (κ3) is 5.70. The summed E-state index contributed by atoms with van der Waals surface area (Å²) in [5, 5.41) is 16.4. The van der Waals surface area contributed by atoms with Gasteiger partial charge in [0.15, 0.2) is 0 Å². The molecule has 0 aliphatic rings. The van der Waals surface area contributed by atoms with Crippen molar-refractivity contribution in [2.24, 2.45) is 5.73 Å². The highest BCUT2D eigenvalue weighted by Crippen LogP contribution is 2.20. The van der Waals surface area contributed by atoms with Crippen LogP contribution in [0, 0.1) is 11.3 Å². The number of nitrogens with one attached hydrogen (secondary N) is 2. The molecule has 3 aromatic carbocycles. The molecule has 4 N–H and O–H groups in total. The van der Waals surface area contributed by atoms with E-state index in [-0.39, 0.29) is 18.7 Å². The Morgan fingerprint density at radius 2 is 1.66 bits per heavy atom. The number of carbonyl (C=O) groups excluding carboxylic acids is 3. The number of primary amides is 1. The molecule has 0 aliphatic heterocycles. The minimum Gasteiger partial charge on any atom is -0.368 e. The van der Waals surface area contributed by atoms with Crippen LogP contribution in [0.1, 0.15) is 23.6 Å². The normalized spacial score (nSPS) is 12.4. The Labute approximate surface area is 186 Å². The van der Waals surface area contributed by atoms with E-state index in [1.54, 1.807) is 24.3 Å². The van der Waals surface area contributed by atoms with Crippen molar-refractivity contribution in [3.05, 3.63) is 83.4 Å². The third-order valence-electron chi connectivity index (χ3n) is 5.15. The van der Waals surface area contributed by atoms with Crippen molar-refractivity contribution in [2.75, 3.05) is 0 Å². The number of amides is 3. The molecule has 7 nitrogen and oxygen atoms in total. The molecule has 0 spiro atoms. The summed E-state index contributed by atoms with van der Waals surface area (Å²) in [5.74, 6) is -1.57. The lowest BCUT2D eigenvalue weighted by molar-refractivity contribution is -0.130. The Morgan fingerprint density at radius 3 is 2.38 bits per heavy atom. The second-order valence-corrected chi connectivity index (χ2v) is 7.58. The molecule has 2 unspecified atom stereocenters. The third-order valence-corrected chi connectivity index (χ3v) is 5.15. The van der Waals surface area contributed by atoms with Crippen LogP contribution in [0.5, 0.6) is 0 Å². The van der Waals surface area contributed by atoms with Crippen molar-refractivity contribution in [3.63, 3.8) is 0 Å². The molecule has 162 valence electrons. The lowest BCUT2D eigenvalue weighted by Crippen LogP contribution is -2.54. The Bertz CT molecular complexity index is 1190. The SMILES string of the molecule is CC(=O)NC(Cc1cccc2ccccc12)C(=O)NC(Cc1cccc(C#N)c1)C(N)=O. The summed E-state index contributed by atoms with van der Waals surface area (Å²) < 4.78 is 0. The second kappa shape index (κ2) is 10.2. The highest BCUT2D eigenvalue weighted by Gasteiger charge is 2.26. The van der Waals surface area contributed by atoms with Gasteiger partial charge in [-0.3, -0.25) is 14.4 Å². The summed E-state index contributed by atoms with van der Waals surface area (Å²) >= 11 is 0. The summed E-state index contributed by atoms with van der Waals surface area (Å²) in [4.78, 5) is 36.9. The first-order chi connectivity index (χ1) is 15.4. The van der Waals surface area contributed by atoms with Crippen LogP contribution in [-0.4, -0.2) is 29.8 Å². The number of rotatable bonds is 8. The van der Waals surface area contributed by atoms with Gasteiger partial charge >= 0.3 is 0 Å². The van der Waals surface area contributed by atoms with Crippen LogP contribution in [-0.2, 0) is 27.2 Å². The zero-order chi connectivity index (χ0) is 23.1. The van der Waals surface area contributed by atoms with Gasteiger partial charge in [-0.1, -0.05) is 54.6 Å². The van der Waals surface area contributed by atoms with Gasteiger partial charge in [0.1, 0.15) is 12.1 Å². The summed E-state index contributed by atoms with van der Waals surface area (Å²) in [6.07, 6.45) is 0.389. The van der Waals surface area contributed by atoms with E-state index in [1.807, 2.05) is 48.5 Å². The summed E-state index contributed by atoms with van der Waals surface area (Å²) in [6.45, 7) is 1.34. The zero-order valence-corrected chi connectivity index (χ0v) is 17.7. The van der Waals surface area contributed by atoms with Gasteiger partial charge in [0.05, 0.1) is 11.6 Å². The van der Waals surface area contributed by atoms with E-state index < -0.39 is 23.9 Å². The van der Waals surface area contributed by atoms with Crippen LogP contribution in [0.2, 0.25) is 0 Å². The molecule has 0 saturated heterocycles. The molecule has 0 fully saturated rings. The van der Waals surface area contributed by atoms with Gasteiger partial charge in [0, 0.05) is 19.8 Å². The van der Waals surface area contributed by atoms with E-state index in [4.69, 9.17) is 11.0 Å². The molecule has 3 aromatic rings. The monoisotopic (exact) mass is 428 g/mol. The van der Waals surface area contributed by atoms with Crippen molar-refractivity contribution in [3.8, 4) is 6.07 Å². The van der Waals surface area contributed by atoms with Crippen molar-refractivity contribution in [2.45, 2.75) is 31.8 Å². The molecule has 0 aliphatic carbocycles. The second-order valence-electron chi connectivity index (χ2n) is 7.58. The maximum Gasteiger partial charge on any atom is 0.243 e. The Morgan fingerprint density at radius 1 is 0.938 bits per heavy atom. The Hall–Kier alpha value is -4.18. The van der Waals surface area contributed by atoms with Crippen LogP contribution in [0.15, 0.2) is 66.7 Å². The minimum absolute atomic E-state index is 0.137. The highest BCUT2D eigenvalue weighted by molar-refractivity contribution is 5.92. The largest absolute Gasteiger partial charge is 0.368 e. The molecular weight excluding hydrogens is 404 g/mol. The molecule has 2 atom stereocenters. The standard InChI is InChI=1S/C25H24N4O3/c1-16(30)28-23(14-20-10-5-9-19-8-2-3-11-21(19)20)25(32)29-22(24(27)31)13-17-6-4-7-18(12-17)15-26/h2-12,22-23H,13-14H2,1H3,(H2,27,31)(H,28,30)(H,29,32). The first-order valence-electron chi connectivity index (χ1n) is 10.2. The van der Waals surface area contributed by atoms with E-state index in [1.165, 1.54) is 6.92 Å². The Kier molecular flexibility index (Phi) is 7.19. The molecule has 7 heteroatoms. The van der Waals surface area contributed by atoms with Gasteiger partial charge in [-0.2, -0.15) is 5.26 Å². The van der Waals surface area contributed by atoms with E-state index >= 15 is 0 Å². The van der Waals surface area contributed by atoms with E-state index in [9.17, 15) is 14.4 Å². The maximum absolute atomic E-state index is 13.1. The van der Waals surface area contributed by atoms with Gasteiger partial charge in [-0.05, 0) is 34.0 Å². The number of carbonyl (C=O) groups is 3. The van der Waals surface area contributed by atoms with Gasteiger partial charge in [0.2, 0.25) is 17.7 Å². The van der Waals surface area contributed by atoms with Crippen LogP contribution in [0.3, 0.4) is 0 Å². The predicted molar refractivity (Wildman–Crippen MR) is 121 cm³/mol. The molecule has 3 amide bonds. The summed E-state index contributed by atoms with van der Waals surface area (Å²) in [6, 6.07) is 20.5. The fraction of sp³-hybridized carbons (Fsp3) is 0.200. The zero-order valence-electron chi connectivity index (χ0n) is 17.7. The smallest absolute Gasteiger partial charge is 0.243 e. The van der Waals surface area contributed by atoms with Gasteiger partial charge in [0.25, 0.3) is 0 Å². The van der Waals surface area contributed by atoms with E-state index in [0.717, 1.165) is 16.3 Å². The number of nitriles is 1. The number of fused-ring (bicyclic) bond motifs is 1. The molecule has 3 rings (SSSR count). The van der Waals surface area contributed by atoms with Crippen LogP contribution in [0.25, 0.3) is 10.8 Å². The molecule has 0 bridgehead atoms. The first-order valence-corrected chi connectivity index (χ1v) is 10.2. The lowest BCUT2D eigenvalue weighted by atomic mass is 9.97. The van der Waals surface area contributed by atoms with E-state index in [0.29, 0.717) is 11.1 Å². The number of benzene rings is 3. The topological polar surface area (TPSA) is 125 Å². The van der Waals surface area contributed by atoms with Gasteiger partial charge < -0.3 is 16.4 Å². The van der Waals surface area contributed by atoms with Crippen molar-refractivity contribution in [1.29, 1.82) is 5.26 Å². The Balaban J connectivity index is 1.81. The maximum atomic E-state index is 13.1. The average Bonchev–Trinajstić information content (AvgIpc) is 2.78. The van der Waals surface area contributed by atoms with E-state index in [2.05, 4.69) is 10.6 Å². The molecule has 0 aromatic heterocycles. The number of nitrogens with zero attached hydrogens (tertiary/aromatic N) is 1. The average molecular weight is 428 g/mol. The summed E-state index contributed by atoms with van der Waals surface area (Å²) in [7, 11) is 0. The predicted octanol–water partition coefficient (Wildman–Crippen LogP) is 1.97. The van der Waals surface area contributed by atoms with Gasteiger partial charge in [-0.15, -0.1) is 0 Å². The first kappa shape index (κ1) is 22.5. The van der Waals surface area contributed by atoms with Crippen LogP contribution < -0.4 is 16.4 Å². The van der Waals surface area contributed by atoms with Crippen LogP contribution >= 0.6 is 0 Å². The molecular formula is C25H24N4O3.